The Hall–Kier alpha value is -3.15. The van der Waals surface area contributed by atoms with Gasteiger partial charge in [-0.2, -0.15) is 0 Å². The van der Waals surface area contributed by atoms with Gasteiger partial charge >= 0.3 is 5.97 Å². The minimum Gasteiger partial charge on any atom is -0.449 e. The molecule has 1 heterocycles. The van der Waals surface area contributed by atoms with Gasteiger partial charge in [-0.15, -0.1) is 0 Å². The summed E-state index contributed by atoms with van der Waals surface area (Å²) in [6.45, 7) is 4.86. The van der Waals surface area contributed by atoms with Crippen LogP contribution in [0.5, 0.6) is 0 Å². The van der Waals surface area contributed by atoms with Crippen LogP contribution in [0.1, 0.15) is 67.1 Å². The predicted octanol–water partition coefficient (Wildman–Crippen LogP) is 4.01. The Morgan fingerprint density at radius 2 is 1.90 bits per heavy atom. The topological polar surface area (TPSA) is 75.7 Å². The van der Waals surface area contributed by atoms with Crippen LogP contribution in [0, 0.1) is 0 Å². The molecule has 0 saturated carbocycles. The predicted molar refractivity (Wildman–Crippen MR) is 118 cm³/mol. The van der Waals surface area contributed by atoms with Crippen molar-refractivity contribution < 1.29 is 19.1 Å². The lowest BCUT2D eigenvalue weighted by Gasteiger charge is -2.21. The van der Waals surface area contributed by atoms with Crippen molar-refractivity contribution in [2.45, 2.75) is 58.2 Å². The second-order valence-corrected chi connectivity index (χ2v) is 7.93. The van der Waals surface area contributed by atoms with E-state index in [1.165, 1.54) is 0 Å². The van der Waals surface area contributed by atoms with Gasteiger partial charge in [0.2, 0.25) is 5.91 Å². The highest BCUT2D eigenvalue weighted by atomic mass is 16.5. The minimum atomic E-state index is -0.917. The number of carbonyl (C=O) groups is 3. The Balaban J connectivity index is 1.59. The number of benzene rings is 2. The van der Waals surface area contributed by atoms with E-state index in [9.17, 15) is 14.4 Å². The molecular weight excluding hydrogens is 392 g/mol. The van der Waals surface area contributed by atoms with E-state index in [1.807, 2.05) is 36.4 Å². The Labute approximate surface area is 183 Å². The van der Waals surface area contributed by atoms with Gasteiger partial charge < -0.3 is 15.0 Å². The van der Waals surface area contributed by atoms with E-state index in [1.54, 1.807) is 30.0 Å². The third kappa shape index (κ3) is 6.17. The van der Waals surface area contributed by atoms with E-state index >= 15 is 0 Å². The van der Waals surface area contributed by atoms with Gasteiger partial charge in [-0.05, 0) is 43.0 Å². The van der Waals surface area contributed by atoms with Crippen molar-refractivity contribution in [3.05, 3.63) is 71.3 Å². The third-order valence-corrected chi connectivity index (χ3v) is 5.46. The number of ether oxygens (including phenoxy) is 1. The fraction of sp³-hybridized carbons (Fsp3) is 0.400. The van der Waals surface area contributed by atoms with Crippen molar-refractivity contribution in [2.24, 2.45) is 0 Å². The van der Waals surface area contributed by atoms with Crippen LogP contribution < -0.4 is 5.32 Å². The smallest absolute Gasteiger partial charge is 0.338 e. The first kappa shape index (κ1) is 22.5. The van der Waals surface area contributed by atoms with Crippen molar-refractivity contribution >= 4 is 17.8 Å². The van der Waals surface area contributed by atoms with Crippen molar-refractivity contribution in [3.63, 3.8) is 0 Å². The Morgan fingerprint density at radius 3 is 2.58 bits per heavy atom. The van der Waals surface area contributed by atoms with E-state index in [4.69, 9.17) is 4.74 Å². The lowest BCUT2D eigenvalue weighted by Crippen LogP contribution is -2.38. The SMILES string of the molecule is CCCC(NC(=O)C(C)OC(=O)c1cccc(CN2CCCC2=O)c1)c1ccccc1. The molecule has 3 rings (SSSR count). The summed E-state index contributed by atoms with van der Waals surface area (Å²) in [4.78, 5) is 38.9. The van der Waals surface area contributed by atoms with Gasteiger partial charge in [0.15, 0.2) is 6.10 Å². The molecule has 2 aromatic carbocycles. The van der Waals surface area contributed by atoms with Gasteiger partial charge in [0, 0.05) is 19.5 Å². The highest BCUT2D eigenvalue weighted by molar-refractivity contribution is 5.92. The standard InChI is InChI=1S/C25H30N2O4/c1-3-9-22(20-11-5-4-6-12-20)26-24(29)18(2)31-25(30)21-13-7-10-19(16-21)17-27-15-8-14-23(27)28/h4-7,10-13,16,18,22H,3,8-9,14-15,17H2,1-2H3,(H,26,29). The van der Waals surface area contributed by atoms with E-state index < -0.39 is 12.1 Å². The summed E-state index contributed by atoms with van der Waals surface area (Å²) >= 11 is 0. The van der Waals surface area contributed by atoms with Crippen molar-refractivity contribution in [2.75, 3.05) is 6.54 Å². The molecule has 2 atom stereocenters. The molecule has 2 aromatic rings. The molecule has 1 N–H and O–H groups in total. The average molecular weight is 423 g/mol. The molecule has 164 valence electrons. The van der Waals surface area contributed by atoms with Gasteiger partial charge in [-0.3, -0.25) is 9.59 Å². The monoisotopic (exact) mass is 422 g/mol. The molecule has 1 fully saturated rings. The number of nitrogens with zero attached hydrogens (tertiary/aromatic N) is 1. The highest BCUT2D eigenvalue weighted by Gasteiger charge is 2.23. The summed E-state index contributed by atoms with van der Waals surface area (Å²) in [5.41, 5.74) is 2.27. The van der Waals surface area contributed by atoms with E-state index in [0.717, 1.165) is 36.9 Å². The lowest BCUT2D eigenvalue weighted by molar-refractivity contribution is -0.130. The van der Waals surface area contributed by atoms with Crippen LogP contribution in [0.3, 0.4) is 0 Å². The molecule has 6 nitrogen and oxygen atoms in total. The van der Waals surface area contributed by atoms with Crippen LogP contribution in [0.4, 0.5) is 0 Å². The van der Waals surface area contributed by atoms with Crippen LogP contribution in [0.25, 0.3) is 0 Å². The summed E-state index contributed by atoms with van der Waals surface area (Å²) in [5.74, 6) is -0.739. The lowest BCUT2D eigenvalue weighted by atomic mass is 10.0. The summed E-state index contributed by atoms with van der Waals surface area (Å²) in [6, 6.07) is 16.7. The summed E-state index contributed by atoms with van der Waals surface area (Å²) in [7, 11) is 0. The van der Waals surface area contributed by atoms with E-state index in [2.05, 4.69) is 12.2 Å². The zero-order valence-electron chi connectivity index (χ0n) is 18.2. The second-order valence-electron chi connectivity index (χ2n) is 7.93. The van der Waals surface area contributed by atoms with Crippen molar-refractivity contribution in [3.8, 4) is 0 Å². The fourth-order valence-electron chi connectivity index (χ4n) is 3.76. The minimum absolute atomic E-state index is 0.124. The van der Waals surface area contributed by atoms with Crippen LogP contribution in [0.15, 0.2) is 54.6 Å². The number of esters is 1. The number of nitrogens with one attached hydrogen (secondary N) is 1. The van der Waals surface area contributed by atoms with Crippen molar-refractivity contribution in [1.82, 2.24) is 10.2 Å². The van der Waals surface area contributed by atoms with E-state index in [0.29, 0.717) is 18.5 Å². The normalized spacial score (nSPS) is 15.4. The Morgan fingerprint density at radius 1 is 1.13 bits per heavy atom. The van der Waals surface area contributed by atoms with Crippen molar-refractivity contribution in [1.29, 1.82) is 0 Å². The molecule has 0 aromatic heterocycles. The first-order chi connectivity index (χ1) is 15.0. The molecule has 0 spiro atoms. The zero-order valence-corrected chi connectivity index (χ0v) is 18.2. The van der Waals surface area contributed by atoms with Crippen LogP contribution in [0.2, 0.25) is 0 Å². The third-order valence-electron chi connectivity index (χ3n) is 5.46. The molecule has 6 heteroatoms. The number of rotatable bonds is 9. The Bertz CT molecular complexity index is 913. The highest BCUT2D eigenvalue weighted by Crippen LogP contribution is 2.19. The largest absolute Gasteiger partial charge is 0.449 e. The zero-order chi connectivity index (χ0) is 22.2. The van der Waals surface area contributed by atoms with Gasteiger partial charge in [0.25, 0.3) is 5.91 Å². The maximum Gasteiger partial charge on any atom is 0.338 e. The van der Waals surface area contributed by atoms with Gasteiger partial charge in [-0.1, -0.05) is 55.8 Å². The molecule has 2 amide bonds. The maximum absolute atomic E-state index is 12.7. The molecule has 31 heavy (non-hydrogen) atoms. The molecule has 1 aliphatic heterocycles. The molecule has 0 aliphatic carbocycles. The number of hydrogen-bond acceptors (Lipinski definition) is 4. The van der Waals surface area contributed by atoms with Gasteiger partial charge in [0.05, 0.1) is 11.6 Å². The molecular formula is C25H30N2O4. The number of hydrogen-bond donors (Lipinski definition) is 1. The number of amides is 2. The van der Waals surface area contributed by atoms with Gasteiger partial charge in [0.1, 0.15) is 0 Å². The Kier molecular flexibility index (Phi) is 7.82. The first-order valence-corrected chi connectivity index (χ1v) is 10.9. The average Bonchev–Trinajstić information content (AvgIpc) is 3.18. The first-order valence-electron chi connectivity index (χ1n) is 10.9. The summed E-state index contributed by atoms with van der Waals surface area (Å²) in [5, 5.41) is 3.00. The molecule has 1 saturated heterocycles. The molecule has 2 unspecified atom stereocenters. The van der Waals surface area contributed by atoms with Crippen LogP contribution in [-0.2, 0) is 20.9 Å². The molecule has 1 aliphatic rings. The number of carbonyl (C=O) groups excluding carboxylic acids is 3. The molecule has 0 bridgehead atoms. The summed E-state index contributed by atoms with van der Waals surface area (Å²) < 4.78 is 5.43. The summed E-state index contributed by atoms with van der Waals surface area (Å²) in [6.07, 6.45) is 2.25. The van der Waals surface area contributed by atoms with Gasteiger partial charge in [-0.25, -0.2) is 4.79 Å². The number of likely N-dealkylation sites (tertiary alicyclic amines) is 1. The molecule has 0 radical (unpaired) electrons. The fourth-order valence-corrected chi connectivity index (χ4v) is 3.76. The quantitative estimate of drug-likeness (QED) is 0.620. The van der Waals surface area contributed by atoms with Crippen LogP contribution >= 0.6 is 0 Å². The second kappa shape index (κ2) is 10.8. The maximum atomic E-state index is 12.7. The van der Waals surface area contributed by atoms with E-state index in [-0.39, 0.29) is 17.9 Å². The van der Waals surface area contributed by atoms with Crippen LogP contribution in [-0.4, -0.2) is 35.3 Å².